The molecule has 0 unspecified atom stereocenters. The van der Waals surface area contributed by atoms with E-state index in [2.05, 4.69) is 6.58 Å². The summed E-state index contributed by atoms with van der Waals surface area (Å²) in [6.07, 6.45) is 0. The van der Waals surface area contributed by atoms with Crippen LogP contribution in [0.3, 0.4) is 0 Å². The topological polar surface area (TPSA) is 34.1 Å². The predicted molar refractivity (Wildman–Crippen MR) is 56.2 cm³/mol. The van der Waals surface area contributed by atoms with E-state index in [0.717, 1.165) is 0 Å². The number of benzene rings is 1. The van der Waals surface area contributed by atoms with E-state index in [9.17, 15) is 9.59 Å². The molecule has 2 nitrogen and oxygen atoms in total. The Morgan fingerprint density at radius 1 is 1.07 bits per heavy atom. The first-order valence-corrected chi connectivity index (χ1v) is 4.34. The van der Waals surface area contributed by atoms with Crippen molar-refractivity contribution in [2.24, 2.45) is 0 Å². The lowest BCUT2D eigenvalue weighted by Crippen LogP contribution is -2.02. The maximum Gasteiger partial charge on any atom is 0.160 e. The standard InChI is InChI=1S/C12H12O2/c1-8(9(2)13)11-6-4-5-7-12(11)10(3)14/h4-7H,1H2,2-3H3. The Hall–Kier alpha value is -1.70. The molecule has 0 saturated heterocycles. The van der Waals surface area contributed by atoms with Gasteiger partial charge >= 0.3 is 0 Å². The van der Waals surface area contributed by atoms with Crippen LogP contribution < -0.4 is 0 Å². The van der Waals surface area contributed by atoms with Gasteiger partial charge in [0.2, 0.25) is 0 Å². The highest BCUT2D eigenvalue weighted by molar-refractivity contribution is 6.21. The van der Waals surface area contributed by atoms with E-state index in [1.165, 1.54) is 13.8 Å². The van der Waals surface area contributed by atoms with Crippen LogP contribution in [0.2, 0.25) is 0 Å². The Balaban J connectivity index is 3.27. The van der Waals surface area contributed by atoms with Crippen LogP contribution in [0, 0.1) is 0 Å². The highest BCUT2D eigenvalue weighted by atomic mass is 16.1. The van der Waals surface area contributed by atoms with Crippen LogP contribution in [-0.4, -0.2) is 11.6 Å². The molecule has 1 aromatic carbocycles. The summed E-state index contributed by atoms with van der Waals surface area (Å²) in [5, 5.41) is 0. The van der Waals surface area contributed by atoms with Crippen LogP contribution >= 0.6 is 0 Å². The van der Waals surface area contributed by atoms with Gasteiger partial charge in [-0.05, 0) is 19.4 Å². The zero-order chi connectivity index (χ0) is 10.7. The molecule has 0 atom stereocenters. The van der Waals surface area contributed by atoms with Crippen molar-refractivity contribution < 1.29 is 9.59 Å². The first kappa shape index (κ1) is 10.4. The average Bonchev–Trinajstić information content (AvgIpc) is 2.16. The molecule has 0 aliphatic rings. The normalized spacial score (nSPS) is 9.57. The second kappa shape index (κ2) is 4.01. The largest absolute Gasteiger partial charge is 0.295 e. The van der Waals surface area contributed by atoms with Gasteiger partial charge in [-0.15, -0.1) is 0 Å². The zero-order valence-corrected chi connectivity index (χ0v) is 8.33. The molecule has 0 bridgehead atoms. The van der Waals surface area contributed by atoms with E-state index in [1.807, 2.05) is 0 Å². The summed E-state index contributed by atoms with van der Waals surface area (Å²) in [6.45, 7) is 6.59. The van der Waals surface area contributed by atoms with Gasteiger partial charge in [-0.3, -0.25) is 9.59 Å². The van der Waals surface area contributed by atoms with Gasteiger partial charge in [-0.1, -0.05) is 30.8 Å². The van der Waals surface area contributed by atoms with E-state index < -0.39 is 0 Å². The second-order valence-electron chi connectivity index (χ2n) is 3.14. The fraction of sp³-hybridized carbons (Fsp3) is 0.167. The van der Waals surface area contributed by atoms with E-state index in [1.54, 1.807) is 24.3 Å². The number of hydrogen-bond donors (Lipinski definition) is 0. The minimum Gasteiger partial charge on any atom is -0.295 e. The third-order valence-corrected chi connectivity index (χ3v) is 2.06. The van der Waals surface area contributed by atoms with Gasteiger partial charge in [0, 0.05) is 11.1 Å². The van der Waals surface area contributed by atoms with Gasteiger partial charge < -0.3 is 0 Å². The lowest BCUT2D eigenvalue weighted by molar-refractivity contribution is -0.111. The molecule has 0 N–H and O–H groups in total. The summed E-state index contributed by atoms with van der Waals surface area (Å²) in [5.74, 6) is -0.165. The molecular weight excluding hydrogens is 176 g/mol. The van der Waals surface area contributed by atoms with Crippen molar-refractivity contribution in [2.75, 3.05) is 0 Å². The SMILES string of the molecule is C=C(C(C)=O)c1ccccc1C(C)=O. The molecule has 0 heterocycles. The number of carbonyl (C=O) groups is 2. The Morgan fingerprint density at radius 2 is 1.57 bits per heavy atom. The van der Waals surface area contributed by atoms with Gasteiger partial charge in [0.05, 0.1) is 0 Å². The number of allylic oxidation sites excluding steroid dienone is 1. The summed E-state index contributed by atoms with van der Waals surface area (Å²) in [6, 6.07) is 7.00. The molecule has 0 radical (unpaired) electrons. The molecule has 0 spiro atoms. The number of hydrogen-bond acceptors (Lipinski definition) is 2. The number of ketones is 2. The molecule has 0 aliphatic heterocycles. The van der Waals surface area contributed by atoms with Gasteiger partial charge in [-0.2, -0.15) is 0 Å². The Bertz CT molecular complexity index is 403. The molecular formula is C12H12O2. The highest BCUT2D eigenvalue weighted by Crippen LogP contribution is 2.18. The summed E-state index contributed by atoms with van der Waals surface area (Å²) < 4.78 is 0. The zero-order valence-electron chi connectivity index (χ0n) is 8.33. The second-order valence-corrected chi connectivity index (χ2v) is 3.14. The van der Waals surface area contributed by atoms with Crippen LogP contribution in [0.25, 0.3) is 5.57 Å². The molecule has 0 fully saturated rings. The van der Waals surface area contributed by atoms with Crippen molar-refractivity contribution in [2.45, 2.75) is 13.8 Å². The maximum atomic E-state index is 11.2. The molecule has 0 aliphatic carbocycles. The first-order valence-electron chi connectivity index (χ1n) is 4.34. The lowest BCUT2D eigenvalue weighted by Gasteiger charge is -2.06. The quantitative estimate of drug-likeness (QED) is 0.539. The number of carbonyl (C=O) groups excluding carboxylic acids is 2. The van der Waals surface area contributed by atoms with Crippen LogP contribution in [0.15, 0.2) is 30.8 Å². The molecule has 2 heteroatoms. The van der Waals surface area contributed by atoms with E-state index in [0.29, 0.717) is 16.7 Å². The molecule has 14 heavy (non-hydrogen) atoms. The first-order chi connectivity index (χ1) is 6.54. The van der Waals surface area contributed by atoms with Crippen molar-refractivity contribution in [3.8, 4) is 0 Å². The minimum atomic E-state index is -0.112. The van der Waals surface area contributed by atoms with Crippen molar-refractivity contribution in [1.82, 2.24) is 0 Å². The smallest absolute Gasteiger partial charge is 0.160 e. The van der Waals surface area contributed by atoms with Crippen molar-refractivity contribution in [3.63, 3.8) is 0 Å². The molecule has 0 saturated carbocycles. The monoisotopic (exact) mass is 188 g/mol. The molecule has 0 aromatic heterocycles. The summed E-state index contributed by atoms with van der Waals surface area (Å²) in [5.41, 5.74) is 1.57. The van der Waals surface area contributed by atoms with E-state index >= 15 is 0 Å². The van der Waals surface area contributed by atoms with Crippen molar-refractivity contribution in [1.29, 1.82) is 0 Å². The predicted octanol–water partition coefficient (Wildman–Crippen LogP) is 2.49. The molecule has 72 valence electrons. The fourth-order valence-electron chi connectivity index (χ4n) is 1.24. The Morgan fingerprint density at radius 3 is 2.00 bits per heavy atom. The summed E-state index contributed by atoms with van der Waals surface area (Å²) >= 11 is 0. The maximum absolute atomic E-state index is 11.2. The highest BCUT2D eigenvalue weighted by Gasteiger charge is 2.11. The van der Waals surface area contributed by atoms with Crippen molar-refractivity contribution in [3.05, 3.63) is 42.0 Å². The average molecular weight is 188 g/mol. The van der Waals surface area contributed by atoms with Gasteiger partial charge in [0.15, 0.2) is 11.6 Å². The Kier molecular flexibility index (Phi) is 2.97. The number of Topliss-reactive ketones (excluding diaryl/α,β-unsaturated/α-hetero) is 2. The lowest BCUT2D eigenvalue weighted by atomic mass is 9.96. The van der Waals surface area contributed by atoms with Crippen LogP contribution in [0.4, 0.5) is 0 Å². The summed E-state index contributed by atoms with van der Waals surface area (Å²) in [7, 11) is 0. The third kappa shape index (κ3) is 1.96. The Labute approximate surface area is 83.3 Å². The van der Waals surface area contributed by atoms with E-state index in [-0.39, 0.29) is 11.6 Å². The van der Waals surface area contributed by atoms with Crippen LogP contribution in [-0.2, 0) is 4.79 Å². The minimum absolute atomic E-state index is 0.0528. The molecule has 0 amide bonds. The van der Waals surface area contributed by atoms with Crippen LogP contribution in [0.1, 0.15) is 29.8 Å². The van der Waals surface area contributed by atoms with Gasteiger partial charge in [0.1, 0.15) is 0 Å². The van der Waals surface area contributed by atoms with Crippen LogP contribution in [0.5, 0.6) is 0 Å². The van der Waals surface area contributed by atoms with Crippen molar-refractivity contribution >= 4 is 17.1 Å². The third-order valence-electron chi connectivity index (χ3n) is 2.06. The van der Waals surface area contributed by atoms with Gasteiger partial charge in [0.25, 0.3) is 0 Å². The van der Waals surface area contributed by atoms with E-state index in [4.69, 9.17) is 0 Å². The fourth-order valence-corrected chi connectivity index (χ4v) is 1.24. The molecule has 1 rings (SSSR count). The van der Waals surface area contributed by atoms with Gasteiger partial charge in [-0.25, -0.2) is 0 Å². The summed E-state index contributed by atoms with van der Waals surface area (Å²) in [4.78, 5) is 22.3. The number of rotatable bonds is 3. The molecule has 1 aromatic rings.